The van der Waals surface area contributed by atoms with Crippen molar-refractivity contribution in [2.75, 3.05) is 6.61 Å². The first-order chi connectivity index (χ1) is 8.83. The van der Waals surface area contributed by atoms with E-state index in [2.05, 4.69) is 27.4 Å². The third kappa shape index (κ3) is 1.50. The maximum Gasteiger partial charge on any atom is 0.0718 e. The molecule has 1 saturated heterocycles. The van der Waals surface area contributed by atoms with E-state index in [0.29, 0.717) is 18.4 Å². The first kappa shape index (κ1) is 13.6. The number of hydrogen-bond donors (Lipinski definition) is 2. The molecular formula is C16H26O3. The number of rotatable bonds is 0. The Kier molecular flexibility index (Phi) is 2.91. The van der Waals surface area contributed by atoms with Gasteiger partial charge in [-0.05, 0) is 43.6 Å². The van der Waals surface area contributed by atoms with Crippen LogP contribution in [0.5, 0.6) is 0 Å². The van der Waals surface area contributed by atoms with Crippen molar-refractivity contribution in [3.63, 3.8) is 0 Å². The van der Waals surface area contributed by atoms with Crippen LogP contribution in [0.25, 0.3) is 0 Å². The Morgan fingerprint density at radius 2 is 1.95 bits per heavy atom. The van der Waals surface area contributed by atoms with Gasteiger partial charge >= 0.3 is 0 Å². The minimum Gasteiger partial charge on any atom is -0.393 e. The maximum atomic E-state index is 11.1. The standard InChI is InChI=1S/C16H26O3/c1-9-5-13(17)6-12-7-16(14(18)15(9,12)4)10(2)8-19-11(16)3/h9,11-14,17-18H,2,5-8H2,1,3-4H3/t9-,11+,12+,13-,14-,15+,16+/m1/s1. The fourth-order valence-corrected chi connectivity index (χ4v) is 5.14. The summed E-state index contributed by atoms with van der Waals surface area (Å²) in [7, 11) is 0. The number of fused-ring (bicyclic) bond motifs is 1. The largest absolute Gasteiger partial charge is 0.393 e. The fraction of sp³-hybridized carbons (Fsp3) is 0.875. The van der Waals surface area contributed by atoms with Crippen LogP contribution >= 0.6 is 0 Å². The normalized spacial score (nSPS) is 57.7. The Bertz CT molecular complexity index is 407. The molecule has 2 aliphatic carbocycles. The molecule has 0 radical (unpaired) electrons. The second-order valence-corrected chi connectivity index (χ2v) is 7.29. The van der Waals surface area contributed by atoms with Crippen molar-refractivity contribution in [2.24, 2.45) is 22.7 Å². The van der Waals surface area contributed by atoms with E-state index in [4.69, 9.17) is 4.74 Å². The summed E-state index contributed by atoms with van der Waals surface area (Å²) in [6, 6.07) is 0. The van der Waals surface area contributed by atoms with E-state index in [-0.39, 0.29) is 23.0 Å². The van der Waals surface area contributed by atoms with E-state index >= 15 is 0 Å². The van der Waals surface area contributed by atoms with Crippen LogP contribution < -0.4 is 0 Å². The van der Waals surface area contributed by atoms with Gasteiger partial charge in [-0.1, -0.05) is 20.4 Å². The molecule has 3 nitrogen and oxygen atoms in total. The summed E-state index contributed by atoms with van der Waals surface area (Å²) < 4.78 is 5.76. The Hall–Kier alpha value is -0.380. The minimum atomic E-state index is -0.405. The molecule has 3 aliphatic rings. The molecule has 7 atom stereocenters. The van der Waals surface area contributed by atoms with Gasteiger partial charge in [0.1, 0.15) is 0 Å². The number of hydrogen-bond acceptors (Lipinski definition) is 3. The van der Waals surface area contributed by atoms with Gasteiger partial charge in [0.05, 0.1) is 24.9 Å². The Morgan fingerprint density at radius 3 is 2.53 bits per heavy atom. The van der Waals surface area contributed by atoms with Gasteiger partial charge in [0.2, 0.25) is 0 Å². The van der Waals surface area contributed by atoms with Crippen LogP contribution in [0.2, 0.25) is 0 Å². The molecular weight excluding hydrogens is 240 g/mol. The highest BCUT2D eigenvalue weighted by atomic mass is 16.5. The van der Waals surface area contributed by atoms with Crippen molar-refractivity contribution in [2.45, 2.75) is 58.3 Å². The SMILES string of the molecule is C=C1CO[C@@H](C)[C@]12C[C@@H]1C[C@H](O)C[C@@H](C)[C@]1(C)[C@H]2O. The Balaban J connectivity index is 2.03. The van der Waals surface area contributed by atoms with E-state index in [1.165, 1.54) is 0 Å². The van der Waals surface area contributed by atoms with Gasteiger partial charge in [0.25, 0.3) is 0 Å². The summed E-state index contributed by atoms with van der Waals surface area (Å²) in [6.45, 7) is 11.2. The molecule has 1 heterocycles. The van der Waals surface area contributed by atoms with Gasteiger partial charge in [0, 0.05) is 10.8 Å². The summed E-state index contributed by atoms with van der Waals surface area (Å²) in [5.74, 6) is 0.693. The summed E-state index contributed by atoms with van der Waals surface area (Å²) in [4.78, 5) is 0. The highest BCUT2D eigenvalue weighted by Gasteiger charge is 2.67. The highest BCUT2D eigenvalue weighted by Crippen LogP contribution is 2.65. The molecule has 1 spiro atoms. The molecule has 0 aromatic heterocycles. The molecule has 1 aliphatic heterocycles. The smallest absolute Gasteiger partial charge is 0.0718 e. The zero-order valence-electron chi connectivity index (χ0n) is 12.2. The van der Waals surface area contributed by atoms with E-state index < -0.39 is 6.10 Å². The van der Waals surface area contributed by atoms with Gasteiger partial charge in [-0.15, -0.1) is 0 Å². The van der Waals surface area contributed by atoms with Crippen LogP contribution in [0.15, 0.2) is 12.2 Å². The summed E-state index contributed by atoms with van der Waals surface area (Å²) >= 11 is 0. The molecule has 3 heteroatoms. The second-order valence-electron chi connectivity index (χ2n) is 7.29. The molecule has 0 aromatic rings. The average Bonchev–Trinajstić information content (AvgIpc) is 2.74. The van der Waals surface area contributed by atoms with Crippen LogP contribution in [0.3, 0.4) is 0 Å². The van der Waals surface area contributed by atoms with Crippen molar-refractivity contribution < 1.29 is 14.9 Å². The van der Waals surface area contributed by atoms with Crippen molar-refractivity contribution in [1.82, 2.24) is 0 Å². The van der Waals surface area contributed by atoms with Crippen LogP contribution in [-0.2, 0) is 4.74 Å². The molecule has 0 amide bonds. The van der Waals surface area contributed by atoms with Gasteiger partial charge in [-0.3, -0.25) is 0 Å². The molecule has 0 unspecified atom stereocenters. The van der Waals surface area contributed by atoms with Gasteiger partial charge in [0.15, 0.2) is 0 Å². The lowest BCUT2D eigenvalue weighted by Gasteiger charge is -2.47. The summed E-state index contributed by atoms with van der Waals surface area (Å²) in [5, 5.41) is 21.2. The summed E-state index contributed by atoms with van der Waals surface area (Å²) in [6.07, 6.45) is 1.91. The molecule has 0 aromatic carbocycles. The van der Waals surface area contributed by atoms with Gasteiger partial charge in [-0.25, -0.2) is 0 Å². The van der Waals surface area contributed by atoms with E-state index in [1.807, 2.05) is 0 Å². The minimum absolute atomic E-state index is 0.0294. The zero-order chi connectivity index (χ0) is 14.0. The topological polar surface area (TPSA) is 49.7 Å². The van der Waals surface area contributed by atoms with Crippen molar-refractivity contribution in [3.05, 3.63) is 12.2 Å². The van der Waals surface area contributed by atoms with E-state index in [1.54, 1.807) is 0 Å². The number of aliphatic hydroxyl groups excluding tert-OH is 2. The molecule has 2 N–H and O–H groups in total. The van der Waals surface area contributed by atoms with Crippen molar-refractivity contribution in [3.8, 4) is 0 Å². The quantitative estimate of drug-likeness (QED) is 0.660. The predicted molar refractivity (Wildman–Crippen MR) is 73.6 cm³/mol. The number of aliphatic hydroxyl groups is 2. The summed E-state index contributed by atoms with van der Waals surface area (Å²) in [5.41, 5.74) is 0.631. The fourth-order valence-electron chi connectivity index (χ4n) is 5.14. The average molecular weight is 266 g/mol. The lowest BCUT2D eigenvalue weighted by molar-refractivity contribution is -0.0932. The predicted octanol–water partition coefficient (Wildman–Crippen LogP) is 2.13. The molecule has 19 heavy (non-hydrogen) atoms. The van der Waals surface area contributed by atoms with Crippen LogP contribution in [-0.4, -0.2) is 35.1 Å². The maximum absolute atomic E-state index is 11.1. The van der Waals surface area contributed by atoms with Gasteiger partial charge in [-0.2, -0.15) is 0 Å². The third-order valence-corrected chi connectivity index (χ3v) is 6.68. The molecule has 108 valence electrons. The first-order valence-electron chi connectivity index (χ1n) is 7.49. The van der Waals surface area contributed by atoms with E-state index in [0.717, 1.165) is 24.8 Å². The first-order valence-corrected chi connectivity index (χ1v) is 7.49. The second kappa shape index (κ2) is 4.06. The molecule has 3 fully saturated rings. The molecule has 0 bridgehead atoms. The van der Waals surface area contributed by atoms with Crippen LogP contribution in [0, 0.1) is 22.7 Å². The van der Waals surface area contributed by atoms with Crippen LogP contribution in [0.1, 0.15) is 40.0 Å². The van der Waals surface area contributed by atoms with Crippen molar-refractivity contribution in [1.29, 1.82) is 0 Å². The third-order valence-electron chi connectivity index (χ3n) is 6.68. The monoisotopic (exact) mass is 266 g/mol. The number of ether oxygens (including phenoxy) is 1. The van der Waals surface area contributed by atoms with Crippen LogP contribution in [0.4, 0.5) is 0 Å². The zero-order valence-corrected chi connectivity index (χ0v) is 12.2. The van der Waals surface area contributed by atoms with Gasteiger partial charge < -0.3 is 14.9 Å². The Morgan fingerprint density at radius 1 is 1.26 bits per heavy atom. The lowest BCUT2D eigenvalue weighted by atomic mass is 9.60. The van der Waals surface area contributed by atoms with E-state index in [9.17, 15) is 10.2 Å². The highest BCUT2D eigenvalue weighted by molar-refractivity contribution is 5.28. The van der Waals surface area contributed by atoms with Crippen molar-refractivity contribution >= 4 is 0 Å². The molecule has 2 saturated carbocycles. The Labute approximate surface area is 115 Å². The molecule has 3 rings (SSSR count). The lowest BCUT2D eigenvalue weighted by Crippen LogP contribution is -2.49.